The van der Waals surface area contributed by atoms with E-state index in [0.717, 1.165) is 36.4 Å². The number of halogens is 3. The van der Waals surface area contributed by atoms with E-state index in [4.69, 9.17) is 4.74 Å². The van der Waals surface area contributed by atoms with Gasteiger partial charge in [-0.3, -0.25) is 0 Å². The second-order valence-electron chi connectivity index (χ2n) is 7.61. The second kappa shape index (κ2) is 7.01. The maximum absolute atomic E-state index is 15.1. The number of carbonyl (C=O) groups is 3. The van der Waals surface area contributed by atoms with Crippen molar-refractivity contribution in [2.75, 3.05) is 0 Å². The molecule has 0 aliphatic carbocycles. The van der Waals surface area contributed by atoms with Gasteiger partial charge in [0.05, 0.1) is 16.7 Å². The number of ether oxygens (including phenoxy) is 2. The van der Waals surface area contributed by atoms with E-state index >= 15 is 13.2 Å². The van der Waals surface area contributed by atoms with Gasteiger partial charge in [-0.05, 0) is 41.0 Å². The van der Waals surface area contributed by atoms with Gasteiger partial charge in [-0.2, -0.15) is 13.2 Å². The average Bonchev–Trinajstić information content (AvgIpc) is 3.22. The third-order valence-corrected chi connectivity index (χ3v) is 5.90. The zero-order valence-corrected chi connectivity index (χ0v) is 16.6. The van der Waals surface area contributed by atoms with E-state index in [2.05, 4.69) is 4.74 Å². The van der Waals surface area contributed by atoms with Crippen molar-refractivity contribution < 1.29 is 42.1 Å². The van der Waals surface area contributed by atoms with Crippen molar-refractivity contribution >= 4 is 17.9 Å². The van der Waals surface area contributed by atoms with Crippen LogP contribution in [0.25, 0.3) is 0 Å². The Kier molecular flexibility index (Phi) is 4.44. The van der Waals surface area contributed by atoms with Crippen LogP contribution in [0.5, 0.6) is 0 Å². The lowest BCUT2D eigenvalue weighted by molar-refractivity contribution is -0.166. The molecule has 0 bridgehead atoms. The van der Waals surface area contributed by atoms with Crippen molar-refractivity contribution in [3.63, 3.8) is 0 Å². The highest BCUT2D eigenvalue weighted by molar-refractivity contribution is 6.14. The van der Waals surface area contributed by atoms with Crippen molar-refractivity contribution in [3.05, 3.63) is 106 Å². The monoisotopic (exact) mass is 454 g/mol. The summed E-state index contributed by atoms with van der Waals surface area (Å²) in [4.78, 5) is 35.8. The van der Waals surface area contributed by atoms with Crippen LogP contribution in [-0.4, -0.2) is 29.2 Å². The molecule has 0 spiro atoms. The van der Waals surface area contributed by atoms with Crippen LogP contribution < -0.4 is 0 Å². The molecule has 3 aromatic carbocycles. The van der Waals surface area contributed by atoms with Crippen LogP contribution in [-0.2, 0) is 14.9 Å². The highest BCUT2D eigenvalue weighted by atomic mass is 19.4. The van der Waals surface area contributed by atoms with Crippen LogP contribution in [0.15, 0.2) is 66.7 Å². The molecular weight excluding hydrogens is 441 g/mol. The number of hydrogen-bond acceptors (Lipinski definition) is 6. The quantitative estimate of drug-likeness (QED) is 0.365. The van der Waals surface area contributed by atoms with Crippen LogP contribution in [0.3, 0.4) is 0 Å². The summed E-state index contributed by atoms with van der Waals surface area (Å²) in [5, 5.41) is 10.1. The SMILES string of the molecule is O=C1OC(=O)c2cc(C(c3ccccc3)(c3ccc4c(c3)C(O)OC4=O)C(F)(F)F)ccc21. The first-order valence-electron chi connectivity index (χ1n) is 9.71. The Hall–Kier alpha value is -3.98. The summed E-state index contributed by atoms with van der Waals surface area (Å²) in [6.45, 7) is 0. The molecule has 6 nitrogen and oxygen atoms in total. The minimum absolute atomic E-state index is 0.0430. The summed E-state index contributed by atoms with van der Waals surface area (Å²) in [6, 6.07) is 13.6. The summed E-state index contributed by atoms with van der Waals surface area (Å²) in [7, 11) is 0. The molecule has 2 aliphatic rings. The molecule has 9 heteroatoms. The van der Waals surface area contributed by atoms with E-state index in [1.807, 2.05) is 0 Å². The van der Waals surface area contributed by atoms with Gasteiger partial charge in [-0.15, -0.1) is 0 Å². The number of aliphatic hydroxyl groups excluding tert-OH is 1. The molecule has 2 heterocycles. The number of aliphatic hydroxyl groups is 1. The lowest BCUT2D eigenvalue weighted by Gasteiger charge is -2.38. The van der Waals surface area contributed by atoms with E-state index in [0.29, 0.717) is 0 Å². The van der Waals surface area contributed by atoms with Gasteiger partial charge in [0.1, 0.15) is 5.41 Å². The van der Waals surface area contributed by atoms with Gasteiger partial charge in [-0.1, -0.05) is 42.5 Å². The largest absolute Gasteiger partial charge is 0.428 e. The zero-order chi connectivity index (χ0) is 23.5. The standard InChI is InChI=1S/C24H13F3O6/c25-24(26,27)23(12-4-2-1-3-5-12,13-6-8-15-17(10-13)21(30)32-19(15)28)14-7-9-16-18(11-14)22(31)33-20(16)29/h1-11,21,30H. The number of benzene rings is 3. The van der Waals surface area contributed by atoms with Crippen molar-refractivity contribution in [1.29, 1.82) is 0 Å². The van der Waals surface area contributed by atoms with Crippen LogP contribution in [0, 0.1) is 0 Å². The molecule has 3 aromatic rings. The maximum atomic E-state index is 15.1. The fraction of sp³-hybridized carbons (Fsp3) is 0.125. The summed E-state index contributed by atoms with van der Waals surface area (Å²) in [5.41, 5.74) is -4.18. The first-order chi connectivity index (χ1) is 15.6. The molecule has 2 unspecified atom stereocenters. The van der Waals surface area contributed by atoms with Gasteiger partial charge >= 0.3 is 24.1 Å². The Bertz CT molecular complexity index is 1330. The molecule has 33 heavy (non-hydrogen) atoms. The molecule has 0 saturated carbocycles. The zero-order valence-electron chi connectivity index (χ0n) is 16.6. The van der Waals surface area contributed by atoms with Gasteiger partial charge < -0.3 is 14.6 Å². The molecule has 0 aromatic heterocycles. The molecule has 0 fully saturated rings. The molecule has 0 radical (unpaired) electrons. The Labute approximate surface area is 184 Å². The van der Waals surface area contributed by atoms with E-state index in [1.54, 1.807) is 6.07 Å². The number of fused-ring (bicyclic) bond motifs is 2. The number of carbonyl (C=O) groups excluding carboxylic acids is 3. The molecular formula is C24H13F3O6. The van der Waals surface area contributed by atoms with Crippen LogP contribution >= 0.6 is 0 Å². The van der Waals surface area contributed by atoms with Crippen molar-refractivity contribution in [3.8, 4) is 0 Å². The molecule has 166 valence electrons. The summed E-state index contributed by atoms with van der Waals surface area (Å²) in [5.74, 6) is -2.82. The highest BCUT2D eigenvalue weighted by Gasteiger charge is 2.59. The van der Waals surface area contributed by atoms with E-state index in [-0.39, 0.29) is 38.9 Å². The smallest absolute Gasteiger partial charge is 0.406 e. The summed E-state index contributed by atoms with van der Waals surface area (Å²) in [6.07, 6.45) is -6.65. The molecule has 2 aliphatic heterocycles. The third-order valence-electron chi connectivity index (χ3n) is 5.90. The fourth-order valence-corrected chi connectivity index (χ4v) is 4.41. The number of esters is 3. The Morgan fingerprint density at radius 2 is 1.30 bits per heavy atom. The molecule has 2 atom stereocenters. The first-order valence-corrected chi connectivity index (χ1v) is 9.71. The van der Waals surface area contributed by atoms with Gasteiger partial charge in [0, 0.05) is 5.56 Å². The maximum Gasteiger partial charge on any atom is 0.406 e. The molecule has 0 saturated heterocycles. The topological polar surface area (TPSA) is 89.9 Å². The van der Waals surface area contributed by atoms with E-state index in [9.17, 15) is 19.5 Å². The molecule has 0 amide bonds. The average molecular weight is 454 g/mol. The lowest BCUT2D eigenvalue weighted by atomic mass is 9.68. The Morgan fingerprint density at radius 3 is 1.97 bits per heavy atom. The van der Waals surface area contributed by atoms with Crippen molar-refractivity contribution in [2.45, 2.75) is 17.9 Å². The predicted octanol–water partition coefficient (Wildman–Crippen LogP) is 4.06. The Morgan fingerprint density at radius 1 is 0.697 bits per heavy atom. The van der Waals surface area contributed by atoms with Crippen LogP contribution in [0.1, 0.15) is 59.6 Å². The van der Waals surface area contributed by atoms with Crippen LogP contribution in [0.2, 0.25) is 0 Å². The highest BCUT2D eigenvalue weighted by Crippen LogP contribution is 2.52. The number of hydrogen-bond donors (Lipinski definition) is 1. The Balaban J connectivity index is 1.86. The van der Waals surface area contributed by atoms with E-state index in [1.165, 1.54) is 24.3 Å². The number of cyclic esters (lactones) is 3. The van der Waals surface area contributed by atoms with Gasteiger partial charge in [0.25, 0.3) is 0 Å². The van der Waals surface area contributed by atoms with E-state index < -0.39 is 35.8 Å². The second-order valence-corrected chi connectivity index (χ2v) is 7.61. The van der Waals surface area contributed by atoms with Gasteiger partial charge in [-0.25, -0.2) is 14.4 Å². The summed E-state index contributed by atoms with van der Waals surface area (Å²) < 4.78 is 54.7. The predicted molar refractivity (Wildman–Crippen MR) is 105 cm³/mol. The lowest BCUT2D eigenvalue weighted by Crippen LogP contribution is -2.44. The van der Waals surface area contributed by atoms with Crippen LogP contribution in [0.4, 0.5) is 13.2 Å². The minimum atomic E-state index is -4.95. The molecule has 5 rings (SSSR count). The third kappa shape index (κ3) is 2.89. The first kappa shape index (κ1) is 20.9. The number of rotatable bonds is 3. The normalized spacial score (nSPS) is 18.9. The summed E-state index contributed by atoms with van der Waals surface area (Å²) >= 11 is 0. The van der Waals surface area contributed by atoms with Crippen molar-refractivity contribution in [2.24, 2.45) is 0 Å². The van der Waals surface area contributed by atoms with Gasteiger partial charge in [0.2, 0.25) is 6.29 Å². The van der Waals surface area contributed by atoms with Gasteiger partial charge in [0.15, 0.2) is 0 Å². The minimum Gasteiger partial charge on any atom is -0.428 e. The van der Waals surface area contributed by atoms with Crippen molar-refractivity contribution in [1.82, 2.24) is 0 Å². The molecule has 1 N–H and O–H groups in total. The number of alkyl halides is 3. The fourth-order valence-electron chi connectivity index (χ4n) is 4.41.